The number of hydrogen-bond donors (Lipinski definition) is 6. The molecule has 0 aromatic rings. The highest BCUT2D eigenvalue weighted by Crippen LogP contribution is 2.25. The molecule has 146 valence electrons. The quantitative estimate of drug-likeness (QED) is 0.208. The molecule has 0 spiro atoms. The number of likely N-dealkylation sites (tertiary alicyclic amines) is 1. The second-order valence-corrected chi connectivity index (χ2v) is 6.44. The number of amides is 1. The summed E-state index contributed by atoms with van der Waals surface area (Å²) >= 11 is 0. The number of nitrogens with two attached hydrogens (primary N) is 2. The Balaban J connectivity index is 2.30. The lowest BCUT2D eigenvalue weighted by Crippen LogP contribution is -2.57. The van der Waals surface area contributed by atoms with Gasteiger partial charge < -0.3 is 36.8 Å². The molecule has 0 bridgehead atoms. The molecule has 2 heterocycles. The van der Waals surface area contributed by atoms with Crippen molar-refractivity contribution in [2.24, 2.45) is 16.5 Å². The number of rotatable bonds is 6. The molecule has 0 aliphatic carbocycles. The molecule has 0 radical (unpaired) electrons. The van der Waals surface area contributed by atoms with E-state index in [0.717, 1.165) is 0 Å². The van der Waals surface area contributed by atoms with Gasteiger partial charge in [0.1, 0.15) is 6.10 Å². The summed E-state index contributed by atoms with van der Waals surface area (Å²) in [5, 5.41) is 31.3. The van der Waals surface area contributed by atoms with Gasteiger partial charge in [-0.3, -0.25) is 9.69 Å². The number of carboxylic acids is 1. The third-order valence-corrected chi connectivity index (χ3v) is 4.38. The molecular weight excluding hydrogens is 346 g/mol. The summed E-state index contributed by atoms with van der Waals surface area (Å²) in [7, 11) is 0. The van der Waals surface area contributed by atoms with Gasteiger partial charge in [-0.2, -0.15) is 0 Å². The zero-order chi connectivity index (χ0) is 19.4. The van der Waals surface area contributed by atoms with E-state index in [4.69, 9.17) is 16.2 Å². The van der Waals surface area contributed by atoms with Gasteiger partial charge in [-0.1, -0.05) is 0 Å². The van der Waals surface area contributed by atoms with E-state index in [9.17, 15) is 24.9 Å². The molecule has 2 aliphatic rings. The molecule has 5 atom stereocenters. The lowest BCUT2D eigenvalue weighted by molar-refractivity contribution is -0.139. The number of carboxylic acid groups (broad SMARTS) is 1. The number of aliphatic carboxylic acids is 1. The first-order valence-electron chi connectivity index (χ1n) is 8.21. The predicted octanol–water partition coefficient (Wildman–Crippen LogP) is -3.07. The zero-order valence-electron chi connectivity index (χ0n) is 14.4. The van der Waals surface area contributed by atoms with Crippen LogP contribution in [0.5, 0.6) is 0 Å². The van der Waals surface area contributed by atoms with Gasteiger partial charge in [0.15, 0.2) is 5.96 Å². The second-order valence-electron chi connectivity index (χ2n) is 6.44. The van der Waals surface area contributed by atoms with Gasteiger partial charge in [0.2, 0.25) is 11.7 Å². The van der Waals surface area contributed by atoms with Crippen molar-refractivity contribution in [1.82, 2.24) is 10.2 Å². The Morgan fingerprint density at radius 1 is 1.46 bits per heavy atom. The number of nitrogens with zero attached hydrogens (tertiary/aromatic N) is 2. The highest BCUT2D eigenvalue weighted by atomic mass is 16.5. The molecule has 0 aromatic carbocycles. The largest absolute Gasteiger partial charge is 0.480 e. The minimum Gasteiger partial charge on any atom is -0.480 e. The highest BCUT2D eigenvalue weighted by Gasteiger charge is 2.41. The fraction of sp³-hybridized carbons (Fsp3) is 0.667. The minimum atomic E-state index is -1.28. The second kappa shape index (κ2) is 8.34. The summed E-state index contributed by atoms with van der Waals surface area (Å²) in [6.45, 7) is 1.63. The number of ether oxygens (including phenoxy) is 1. The molecule has 1 amide bonds. The van der Waals surface area contributed by atoms with Crippen LogP contribution in [0.4, 0.5) is 0 Å². The molecular formula is C15H25N5O6. The number of aliphatic hydroxyl groups excluding tert-OH is 2. The van der Waals surface area contributed by atoms with Gasteiger partial charge in [0, 0.05) is 26.1 Å². The number of carbonyl (C=O) groups is 2. The Hall–Kier alpha value is -2.37. The fourth-order valence-corrected chi connectivity index (χ4v) is 3.33. The van der Waals surface area contributed by atoms with Gasteiger partial charge in [0.25, 0.3) is 0 Å². The van der Waals surface area contributed by atoms with Crippen LogP contribution in [0.1, 0.15) is 13.3 Å². The van der Waals surface area contributed by atoms with Gasteiger partial charge >= 0.3 is 5.97 Å². The van der Waals surface area contributed by atoms with Crippen molar-refractivity contribution >= 4 is 17.8 Å². The Morgan fingerprint density at radius 3 is 2.69 bits per heavy atom. The van der Waals surface area contributed by atoms with E-state index >= 15 is 0 Å². The molecule has 2 rings (SSSR count). The molecule has 8 N–H and O–H groups in total. The Kier molecular flexibility index (Phi) is 6.40. The lowest BCUT2D eigenvalue weighted by atomic mass is 9.97. The number of β-amino-alcohol motifs (C(OH)–C–C–N with tert-alkyl or cyclic N) is 1. The van der Waals surface area contributed by atoms with Crippen molar-refractivity contribution in [2.45, 2.75) is 43.7 Å². The maximum Gasteiger partial charge on any atom is 0.370 e. The molecule has 1 saturated heterocycles. The standard InChI is InChI=1S/C15H25N5O6/c1-7(22)18-13-10(19-15(16)17)3-11(14(24)25)26-12(13)5-20-4-9(23)2-8(20)6-21/h3,8-10,12-13,21,23H,2,4-6H2,1H3,(H,18,22)(H,24,25)(H4,16,17,19)/t8?,9-,10?,12+,13?/m1/s1. The Labute approximate surface area is 150 Å². The highest BCUT2D eigenvalue weighted by molar-refractivity contribution is 5.85. The van der Waals surface area contributed by atoms with Crippen LogP contribution in [0.3, 0.4) is 0 Å². The van der Waals surface area contributed by atoms with Crippen molar-refractivity contribution < 1.29 is 29.6 Å². The van der Waals surface area contributed by atoms with E-state index in [1.165, 1.54) is 13.0 Å². The summed E-state index contributed by atoms with van der Waals surface area (Å²) in [6, 6.07) is -1.82. The fourth-order valence-electron chi connectivity index (χ4n) is 3.33. The SMILES string of the molecule is CC(=O)NC1C(N=C(N)N)C=C(C(=O)O)O[C@H]1CN1C[C@H](O)CC1CO. The average molecular weight is 371 g/mol. The molecule has 3 unspecified atom stereocenters. The zero-order valence-corrected chi connectivity index (χ0v) is 14.4. The third kappa shape index (κ3) is 4.84. The number of guanidine groups is 1. The third-order valence-electron chi connectivity index (χ3n) is 4.38. The smallest absolute Gasteiger partial charge is 0.370 e. The van der Waals surface area contributed by atoms with Crippen LogP contribution in [-0.4, -0.2) is 88.1 Å². The van der Waals surface area contributed by atoms with E-state index < -0.39 is 30.3 Å². The Bertz CT molecular complexity index is 605. The van der Waals surface area contributed by atoms with Gasteiger partial charge in [-0.25, -0.2) is 9.79 Å². The van der Waals surface area contributed by atoms with Crippen molar-refractivity contribution in [1.29, 1.82) is 0 Å². The lowest BCUT2D eigenvalue weighted by Gasteiger charge is -2.38. The first-order valence-corrected chi connectivity index (χ1v) is 8.21. The summed E-state index contributed by atoms with van der Waals surface area (Å²) in [5.41, 5.74) is 10.9. The van der Waals surface area contributed by atoms with Crippen LogP contribution >= 0.6 is 0 Å². The maximum atomic E-state index is 11.6. The van der Waals surface area contributed by atoms with Crippen molar-refractivity contribution in [3.63, 3.8) is 0 Å². The number of nitrogens with one attached hydrogen (secondary N) is 1. The number of aliphatic imine (C=N–C) groups is 1. The number of hydrogen-bond acceptors (Lipinski definition) is 7. The van der Waals surface area contributed by atoms with Crippen LogP contribution < -0.4 is 16.8 Å². The normalized spacial score (nSPS) is 31.7. The summed E-state index contributed by atoms with van der Waals surface area (Å²) in [4.78, 5) is 28.8. The van der Waals surface area contributed by atoms with E-state index in [1.807, 2.05) is 0 Å². The van der Waals surface area contributed by atoms with Gasteiger partial charge in [-0.15, -0.1) is 0 Å². The monoisotopic (exact) mass is 371 g/mol. The van der Waals surface area contributed by atoms with Crippen molar-refractivity contribution in [2.75, 3.05) is 19.7 Å². The van der Waals surface area contributed by atoms with E-state index in [1.54, 1.807) is 4.90 Å². The first kappa shape index (κ1) is 19.9. The predicted molar refractivity (Wildman–Crippen MR) is 90.9 cm³/mol. The van der Waals surface area contributed by atoms with Crippen LogP contribution in [0.2, 0.25) is 0 Å². The van der Waals surface area contributed by atoms with Crippen molar-refractivity contribution in [3.05, 3.63) is 11.8 Å². The average Bonchev–Trinajstić information content (AvgIpc) is 2.88. The van der Waals surface area contributed by atoms with Crippen LogP contribution in [0, 0.1) is 0 Å². The molecule has 26 heavy (non-hydrogen) atoms. The summed E-state index contributed by atoms with van der Waals surface area (Å²) in [5.74, 6) is -2.22. The van der Waals surface area contributed by atoms with E-state index in [0.29, 0.717) is 13.0 Å². The molecule has 0 saturated carbocycles. The van der Waals surface area contributed by atoms with Crippen molar-refractivity contribution in [3.8, 4) is 0 Å². The van der Waals surface area contributed by atoms with Crippen LogP contribution in [-0.2, 0) is 14.3 Å². The molecule has 11 heteroatoms. The minimum absolute atomic E-state index is 0.159. The summed E-state index contributed by atoms with van der Waals surface area (Å²) in [6.07, 6.45) is 0.245. The van der Waals surface area contributed by atoms with E-state index in [2.05, 4.69) is 10.3 Å². The van der Waals surface area contributed by atoms with Crippen LogP contribution in [0.15, 0.2) is 16.8 Å². The van der Waals surface area contributed by atoms with Crippen LogP contribution in [0.25, 0.3) is 0 Å². The molecule has 11 nitrogen and oxygen atoms in total. The number of aliphatic hydroxyl groups is 2. The topological polar surface area (TPSA) is 184 Å². The Morgan fingerprint density at radius 2 is 2.15 bits per heavy atom. The molecule has 0 aromatic heterocycles. The summed E-state index contributed by atoms with van der Waals surface area (Å²) < 4.78 is 5.55. The van der Waals surface area contributed by atoms with Gasteiger partial charge in [-0.05, 0) is 12.5 Å². The number of carbonyl (C=O) groups excluding carboxylic acids is 1. The van der Waals surface area contributed by atoms with Gasteiger partial charge in [0.05, 0.1) is 24.8 Å². The van der Waals surface area contributed by atoms with E-state index in [-0.39, 0.29) is 36.8 Å². The first-order chi connectivity index (χ1) is 12.2. The molecule has 1 fully saturated rings. The molecule has 2 aliphatic heterocycles. The maximum absolute atomic E-state index is 11.6.